The van der Waals surface area contributed by atoms with Crippen molar-refractivity contribution in [3.63, 3.8) is 0 Å². The summed E-state index contributed by atoms with van der Waals surface area (Å²) >= 11 is 0. The molecule has 2 aromatic rings. The van der Waals surface area contributed by atoms with Crippen LogP contribution in [-0.2, 0) is 15.9 Å². The number of unbranched alkanes of at least 4 members (excludes halogenated alkanes) is 7. The van der Waals surface area contributed by atoms with Gasteiger partial charge in [-0.2, -0.15) is 4.98 Å². The van der Waals surface area contributed by atoms with Crippen LogP contribution in [0, 0.1) is 0 Å². The largest absolute Gasteiger partial charge is 0.444 e. The molecule has 7 heteroatoms. The molecule has 0 N–H and O–H groups in total. The van der Waals surface area contributed by atoms with Crippen LogP contribution in [0.1, 0.15) is 96.6 Å². The van der Waals surface area contributed by atoms with E-state index in [-0.39, 0.29) is 6.09 Å². The van der Waals surface area contributed by atoms with Crippen LogP contribution in [-0.4, -0.2) is 46.4 Å². The van der Waals surface area contributed by atoms with Gasteiger partial charge in [-0.3, -0.25) is 0 Å². The van der Waals surface area contributed by atoms with Crippen molar-refractivity contribution in [3.8, 4) is 11.4 Å². The van der Waals surface area contributed by atoms with Crippen molar-refractivity contribution in [1.29, 1.82) is 0 Å². The van der Waals surface area contributed by atoms with E-state index in [1.54, 1.807) is 4.90 Å². The number of aryl methyl sites for hydroxylation is 1. The first-order valence-electron chi connectivity index (χ1n) is 12.9. The molecular formula is C27H41N3O4. The van der Waals surface area contributed by atoms with Crippen LogP contribution in [0.5, 0.6) is 0 Å². The Bertz CT molecular complexity index is 873. The lowest BCUT2D eigenvalue weighted by Gasteiger charge is -2.32. The van der Waals surface area contributed by atoms with Crippen LogP contribution in [0.15, 0.2) is 28.8 Å². The number of carbonyl (C=O) groups is 1. The molecule has 188 valence electrons. The first-order valence-corrected chi connectivity index (χ1v) is 12.9. The van der Waals surface area contributed by atoms with E-state index < -0.39 is 11.7 Å². The van der Waals surface area contributed by atoms with Crippen LogP contribution in [0.25, 0.3) is 11.4 Å². The lowest BCUT2D eigenvalue weighted by atomic mass is 10.0. The van der Waals surface area contributed by atoms with Gasteiger partial charge >= 0.3 is 6.09 Å². The highest BCUT2D eigenvalue weighted by molar-refractivity contribution is 5.68. The molecule has 0 bridgehead atoms. The van der Waals surface area contributed by atoms with E-state index in [0.717, 1.165) is 12.0 Å². The van der Waals surface area contributed by atoms with E-state index in [1.807, 2.05) is 32.9 Å². The van der Waals surface area contributed by atoms with E-state index >= 15 is 0 Å². The van der Waals surface area contributed by atoms with Crippen molar-refractivity contribution >= 4 is 6.09 Å². The molecule has 1 saturated heterocycles. The van der Waals surface area contributed by atoms with Crippen molar-refractivity contribution < 1.29 is 18.8 Å². The number of hydrogen-bond acceptors (Lipinski definition) is 6. The van der Waals surface area contributed by atoms with Crippen LogP contribution >= 0.6 is 0 Å². The summed E-state index contributed by atoms with van der Waals surface area (Å²) < 4.78 is 16.7. The van der Waals surface area contributed by atoms with Gasteiger partial charge in [0.15, 0.2) is 6.10 Å². The molecular weight excluding hydrogens is 430 g/mol. The van der Waals surface area contributed by atoms with Gasteiger partial charge in [0.25, 0.3) is 5.89 Å². The van der Waals surface area contributed by atoms with E-state index in [0.29, 0.717) is 31.4 Å². The molecule has 1 atom stereocenters. The number of aromatic nitrogens is 2. The third-order valence-electron chi connectivity index (χ3n) is 5.97. The number of carbonyl (C=O) groups excluding carboxylic acids is 1. The Balaban J connectivity index is 1.46. The van der Waals surface area contributed by atoms with E-state index in [4.69, 9.17) is 14.0 Å². The van der Waals surface area contributed by atoms with Gasteiger partial charge in [-0.15, -0.1) is 0 Å². The molecule has 0 unspecified atom stereocenters. The van der Waals surface area contributed by atoms with Crippen molar-refractivity contribution in [3.05, 3.63) is 35.7 Å². The van der Waals surface area contributed by atoms with Gasteiger partial charge in [-0.05, 0) is 39.2 Å². The Labute approximate surface area is 204 Å². The van der Waals surface area contributed by atoms with Gasteiger partial charge in [-0.1, -0.05) is 81.3 Å². The Hall–Kier alpha value is -2.41. The maximum Gasteiger partial charge on any atom is 0.410 e. The minimum Gasteiger partial charge on any atom is -0.444 e. The van der Waals surface area contributed by atoms with Crippen LogP contribution in [0.4, 0.5) is 4.79 Å². The van der Waals surface area contributed by atoms with E-state index in [1.165, 1.54) is 56.9 Å². The lowest BCUT2D eigenvalue weighted by molar-refractivity contribution is -0.0536. The van der Waals surface area contributed by atoms with Gasteiger partial charge in [0.05, 0.1) is 13.2 Å². The number of nitrogens with zero attached hydrogens (tertiary/aromatic N) is 3. The fourth-order valence-electron chi connectivity index (χ4n) is 4.06. The maximum atomic E-state index is 12.4. The normalized spacial score (nSPS) is 16.6. The van der Waals surface area contributed by atoms with Crippen molar-refractivity contribution in [2.24, 2.45) is 0 Å². The molecule has 0 radical (unpaired) electrons. The first-order chi connectivity index (χ1) is 16.4. The fourth-order valence-corrected chi connectivity index (χ4v) is 4.06. The topological polar surface area (TPSA) is 77.7 Å². The monoisotopic (exact) mass is 471 g/mol. The summed E-state index contributed by atoms with van der Waals surface area (Å²) in [7, 11) is 0. The van der Waals surface area contributed by atoms with E-state index in [2.05, 4.69) is 29.2 Å². The zero-order valence-corrected chi connectivity index (χ0v) is 21.3. The average Bonchev–Trinajstić information content (AvgIpc) is 3.31. The van der Waals surface area contributed by atoms with E-state index in [9.17, 15) is 4.79 Å². The molecule has 0 aliphatic carbocycles. The number of morpholine rings is 1. The summed E-state index contributed by atoms with van der Waals surface area (Å²) in [5.41, 5.74) is 1.71. The summed E-state index contributed by atoms with van der Waals surface area (Å²) in [4.78, 5) is 18.6. The summed E-state index contributed by atoms with van der Waals surface area (Å²) in [6.07, 6.45) is 10.9. The number of hydrogen-bond donors (Lipinski definition) is 0. The molecule has 1 aromatic carbocycles. The Morgan fingerprint density at radius 2 is 1.74 bits per heavy atom. The Morgan fingerprint density at radius 3 is 2.41 bits per heavy atom. The highest BCUT2D eigenvalue weighted by Crippen LogP contribution is 2.25. The molecule has 1 amide bonds. The van der Waals surface area contributed by atoms with Gasteiger partial charge in [0.2, 0.25) is 5.82 Å². The number of rotatable bonds is 11. The fraction of sp³-hybridized carbons (Fsp3) is 0.667. The average molecular weight is 472 g/mol. The zero-order valence-electron chi connectivity index (χ0n) is 21.3. The summed E-state index contributed by atoms with van der Waals surface area (Å²) in [6, 6.07) is 8.38. The zero-order chi connectivity index (χ0) is 24.4. The molecule has 2 heterocycles. The minimum absolute atomic E-state index is 0.327. The molecule has 1 aliphatic heterocycles. The van der Waals surface area contributed by atoms with Crippen LogP contribution < -0.4 is 0 Å². The maximum absolute atomic E-state index is 12.4. The summed E-state index contributed by atoms with van der Waals surface area (Å²) in [6.45, 7) is 9.03. The Morgan fingerprint density at radius 1 is 1.06 bits per heavy atom. The quantitative estimate of drug-likeness (QED) is 0.338. The second kappa shape index (κ2) is 12.9. The Kier molecular flexibility index (Phi) is 9.93. The summed E-state index contributed by atoms with van der Waals surface area (Å²) in [5, 5.41) is 4.14. The number of amides is 1. The minimum atomic E-state index is -0.539. The van der Waals surface area contributed by atoms with Crippen molar-refractivity contribution in [1.82, 2.24) is 15.0 Å². The van der Waals surface area contributed by atoms with Gasteiger partial charge < -0.3 is 18.9 Å². The molecule has 1 aliphatic rings. The highest BCUT2D eigenvalue weighted by Gasteiger charge is 2.32. The predicted octanol–water partition coefficient (Wildman–Crippen LogP) is 6.73. The number of ether oxygens (including phenoxy) is 2. The smallest absolute Gasteiger partial charge is 0.410 e. The molecule has 0 spiro atoms. The van der Waals surface area contributed by atoms with Crippen molar-refractivity contribution in [2.45, 2.75) is 97.2 Å². The molecule has 0 saturated carbocycles. The summed E-state index contributed by atoms with van der Waals surface area (Å²) in [5.74, 6) is 0.915. The van der Waals surface area contributed by atoms with Crippen LogP contribution in [0.3, 0.4) is 0 Å². The van der Waals surface area contributed by atoms with Gasteiger partial charge in [0, 0.05) is 12.1 Å². The lowest BCUT2D eigenvalue weighted by Crippen LogP contribution is -2.44. The SMILES string of the molecule is CCCCCCCCCCc1ccc(-c2noc([C@H]3CN(C(=O)OC(C)(C)C)CCO3)n2)cc1. The molecule has 7 nitrogen and oxygen atoms in total. The third-order valence-corrected chi connectivity index (χ3v) is 5.97. The molecule has 3 rings (SSSR count). The molecule has 1 aromatic heterocycles. The van der Waals surface area contributed by atoms with Gasteiger partial charge in [-0.25, -0.2) is 4.79 Å². The molecule has 1 fully saturated rings. The predicted molar refractivity (Wildman–Crippen MR) is 133 cm³/mol. The third kappa shape index (κ3) is 8.42. The number of benzene rings is 1. The standard InChI is InChI=1S/C27H41N3O4/c1-5-6-7-8-9-10-11-12-13-21-14-16-22(17-15-21)24-28-25(34-29-24)23-20-30(18-19-32-23)26(31)33-27(2,3)4/h14-17,23H,5-13,18-20H2,1-4H3/t23-/m1/s1. The first kappa shape index (κ1) is 26.2. The highest BCUT2D eigenvalue weighted by atomic mass is 16.6. The molecule has 34 heavy (non-hydrogen) atoms. The van der Waals surface area contributed by atoms with Gasteiger partial charge in [0.1, 0.15) is 5.60 Å². The second-order valence-corrected chi connectivity index (χ2v) is 10.2. The van der Waals surface area contributed by atoms with Crippen molar-refractivity contribution in [2.75, 3.05) is 19.7 Å². The van der Waals surface area contributed by atoms with Crippen LogP contribution in [0.2, 0.25) is 0 Å². The second-order valence-electron chi connectivity index (χ2n) is 10.2.